The highest BCUT2D eigenvalue weighted by molar-refractivity contribution is 14.0. The largest absolute Gasteiger partial charge is 0.493 e. The molecule has 1 aromatic carbocycles. The fraction of sp³-hybridized carbons (Fsp3) is 0.632. The number of guanidine groups is 1. The van der Waals surface area contributed by atoms with Gasteiger partial charge in [0.05, 0.1) is 25.8 Å². The van der Waals surface area contributed by atoms with Crippen molar-refractivity contribution < 1.29 is 14.2 Å². The van der Waals surface area contributed by atoms with Crippen LogP contribution in [0.15, 0.2) is 29.3 Å². The number of fused-ring (bicyclic) bond motifs is 1. The lowest BCUT2D eigenvalue weighted by molar-refractivity contribution is -0.186. The zero-order valence-electron chi connectivity index (χ0n) is 15.0. The van der Waals surface area contributed by atoms with E-state index < -0.39 is 0 Å². The molecule has 4 rings (SSSR count). The summed E-state index contributed by atoms with van der Waals surface area (Å²) in [6.07, 6.45) is 6.52. The molecule has 3 N–H and O–H groups in total. The lowest BCUT2D eigenvalue weighted by Crippen LogP contribution is -2.38. The van der Waals surface area contributed by atoms with Crippen molar-refractivity contribution in [2.75, 3.05) is 19.8 Å². The van der Waals surface area contributed by atoms with E-state index in [1.54, 1.807) is 0 Å². The first-order valence-corrected chi connectivity index (χ1v) is 9.34. The second-order valence-corrected chi connectivity index (χ2v) is 7.12. The van der Waals surface area contributed by atoms with Crippen molar-refractivity contribution in [1.82, 2.24) is 5.32 Å². The molecular formula is C19H28IN3O3. The first kappa shape index (κ1) is 19.7. The number of rotatable bonds is 3. The van der Waals surface area contributed by atoms with Crippen LogP contribution in [0.5, 0.6) is 5.75 Å². The Kier molecular flexibility index (Phi) is 6.63. The number of ether oxygens (including phenoxy) is 3. The van der Waals surface area contributed by atoms with Crippen LogP contribution in [0.25, 0.3) is 0 Å². The average Bonchev–Trinajstić information content (AvgIpc) is 3.03. The van der Waals surface area contributed by atoms with Crippen LogP contribution in [0.1, 0.15) is 50.1 Å². The Morgan fingerprint density at radius 1 is 1.23 bits per heavy atom. The highest BCUT2D eigenvalue weighted by Gasteiger charge is 2.42. The summed E-state index contributed by atoms with van der Waals surface area (Å²) in [6.45, 7) is 1.83. The van der Waals surface area contributed by atoms with E-state index in [-0.39, 0.29) is 41.9 Å². The summed E-state index contributed by atoms with van der Waals surface area (Å²) in [6, 6.07) is 8.20. The molecule has 1 saturated heterocycles. The summed E-state index contributed by atoms with van der Waals surface area (Å²) >= 11 is 0. The Morgan fingerprint density at radius 2 is 2.04 bits per heavy atom. The fourth-order valence-corrected chi connectivity index (χ4v) is 3.98. The molecule has 0 aromatic heterocycles. The summed E-state index contributed by atoms with van der Waals surface area (Å²) < 4.78 is 17.8. The Hall–Kier alpha value is -1.06. The maximum atomic E-state index is 6.15. The molecule has 0 radical (unpaired) electrons. The monoisotopic (exact) mass is 473 g/mol. The number of aliphatic imine (C=N–C) groups is 1. The highest BCUT2D eigenvalue weighted by atomic mass is 127. The SMILES string of the molecule is I.NC(=NCC1COC2(CCCCC2)O1)NC1CCOc2ccccc21. The first-order valence-electron chi connectivity index (χ1n) is 9.34. The fourth-order valence-electron chi connectivity index (χ4n) is 3.98. The lowest BCUT2D eigenvalue weighted by Gasteiger charge is -2.31. The Bertz CT molecular complexity index is 634. The molecule has 2 heterocycles. The molecule has 0 amide bonds. The third kappa shape index (κ3) is 4.43. The molecule has 1 aromatic rings. The van der Waals surface area contributed by atoms with Crippen LogP contribution in [0.2, 0.25) is 0 Å². The zero-order valence-corrected chi connectivity index (χ0v) is 17.3. The maximum absolute atomic E-state index is 6.15. The number of halogens is 1. The molecule has 26 heavy (non-hydrogen) atoms. The van der Waals surface area contributed by atoms with Crippen molar-refractivity contribution in [3.05, 3.63) is 29.8 Å². The summed E-state index contributed by atoms with van der Waals surface area (Å²) in [4.78, 5) is 4.49. The van der Waals surface area contributed by atoms with Gasteiger partial charge in [-0.1, -0.05) is 24.6 Å². The van der Waals surface area contributed by atoms with E-state index in [1.807, 2.05) is 18.2 Å². The third-order valence-corrected chi connectivity index (χ3v) is 5.27. The van der Waals surface area contributed by atoms with Gasteiger partial charge in [-0.25, -0.2) is 0 Å². The van der Waals surface area contributed by atoms with Gasteiger partial charge in [-0.3, -0.25) is 4.99 Å². The Morgan fingerprint density at radius 3 is 2.88 bits per heavy atom. The maximum Gasteiger partial charge on any atom is 0.189 e. The number of nitrogens with one attached hydrogen (secondary N) is 1. The number of benzene rings is 1. The van der Waals surface area contributed by atoms with Gasteiger partial charge < -0.3 is 25.3 Å². The van der Waals surface area contributed by atoms with Gasteiger partial charge in [-0.2, -0.15) is 0 Å². The average molecular weight is 473 g/mol. The topological polar surface area (TPSA) is 78.1 Å². The van der Waals surface area contributed by atoms with Crippen LogP contribution >= 0.6 is 24.0 Å². The van der Waals surface area contributed by atoms with E-state index in [0.29, 0.717) is 25.7 Å². The highest BCUT2D eigenvalue weighted by Crippen LogP contribution is 2.37. The molecule has 1 saturated carbocycles. The Labute approximate surface area is 171 Å². The summed E-state index contributed by atoms with van der Waals surface area (Å²) in [5, 5.41) is 3.32. The van der Waals surface area contributed by atoms with Gasteiger partial charge in [0.2, 0.25) is 0 Å². The molecule has 3 aliphatic rings. The molecule has 0 bridgehead atoms. The van der Waals surface area contributed by atoms with E-state index in [9.17, 15) is 0 Å². The van der Waals surface area contributed by atoms with Gasteiger partial charge in [-0.05, 0) is 18.9 Å². The minimum absolute atomic E-state index is 0. The molecular weight excluding hydrogens is 445 g/mol. The zero-order chi connectivity index (χ0) is 17.1. The van der Waals surface area contributed by atoms with Crippen LogP contribution < -0.4 is 15.8 Å². The number of hydrogen-bond acceptors (Lipinski definition) is 4. The summed E-state index contributed by atoms with van der Waals surface area (Å²) in [7, 11) is 0. The van der Waals surface area contributed by atoms with Gasteiger partial charge in [0.25, 0.3) is 0 Å². The number of para-hydroxylation sites is 1. The Balaban J connectivity index is 0.00000196. The molecule has 144 valence electrons. The van der Waals surface area contributed by atoms with Crippen molar-refractivity contribution in [2.45, 2.75) is 56.5 Å². The predicted octanol–water partition coefficient (Wildman–Crippen LogP) is 3.11. The summed E-state index contributed by atoms with van der Waals surface area (Å²) in [5.74, 6) is 1.03. The number of hydrogen-bond donors (Lipinski definition) is 2. The second kappa shape index (κ2) is 8.75. The van der Waals surface area contributed by atoms with Gasteiger partial charge >= 0.3 is 0 Å². The molecule has 6 nitrogen and oxygen atoms in total. The summed E-state index contributed by atoms with van der Waals surface area (Å²) in [5.41, 5.74) is 7.24. The molecule has 7 heteroatoms. The van der Waals surface area contributed by atoms with Crippen molar-refractivity contribution >= 4 is 29.9 Å². The van der Waals surface area contributed by atoms with Crippen LogP contribution in [-0.4, -0.2) is 37.6 Å². The first-order chi connectivity index (χ1) is 12.2. The molecule has 2 atom stereocenters. The van der Waals surface area contributed by atoms with Crippen LogP contribution in [0, 0.1) is 0 Å². The van der Waals surface area contributed by atoms with Crippen LogP contribution in [-0.2, 0) is 9.47 Å². The van der Waals surface area contributed by atoms with Gasteiger partial charge in [0.1, 0.15) is 11.9 Å². The molecule has 2 aliphatic heterocycles. The van der Waals surface area contributed by atoms with E-state index >= 15 is 0 Å². The third-order valence-electron chi connectivity index (χ3n) is 5.27. The standard InChI is InChI=1S/C19H27N3O3.HI/c20-18(22-16-8-11-23-17-7-3-2-6-15(16)17)21-12-14-13-24-19(25-14)9-4-1-5-10-19;/h2-3,6-7,14,16H,1,4-5,8-13H2,(H3,20,21,22);1H. The number of nitrogens with two attached hydrogens (primary N) is 1. The second-order valence-electron chi connectivity index (χ2n) is 7.12. The molecule has 1 aliphatic carbocycles. The van der Waals surface area contributed by atoms with E-state index in [1.165, 1.54) is 19.3 Å². The predicted molar refractivity (Wildman–Crippen MR) is 111 cm³/mol. The minimum Gasteiger partial charge on any atom is -0.493 e. The lowest BCUT2D eigenvalue weighted by atomic mass is 9.94. The van der Waals surface area contributed by atoms with Gasteiger partial charge in [0, 0.05) is 24.8 Å². The van der Waals surface area contributed by atoms with Gasteiger partial charge in [0.15, 0.2) is 11.7 Å². The quantitative estimate of drug-likeness (QED) is 0.401. The van der Waals surface area contributed by atoms with Crippen molar-refractivity contribution in [3.8, 4) is 5.75 Å². The minimum atomic E-state index is -0.347. The molecule has 1 spiro atoms. The molecule has 2 unspecified atom stereocenters. The van der Waals surface area contributed by atoms with E-state index in [2.05, 4.69) is 16.4 Å². The van der Waals surface area contributed by atoms with Crippen molar-refractivity contribution in [2.24, 2.45) is 10.7 Å². The van der Waals surface area contributed by atoms with E-state index in [4.69, 9.17) is 19.9 Å². The molecule has 2 fully saturated rings. The van der Waals surface area contributed by atoms with E-state index in [0.717, 1.165) is 30.6 Å². The smallest absolute Gasteiger partial charge is 0.189 e. The van der Waals surface area contributed by atoms with Crippen molar-refractivity contribution in [1.29, 1.82) is 0 Å². The van der Waals surface area contributed by atoms with Crippen molar-refractivity contribution in [3.63, 3.8) is 0 Å². The number of nitrogens with zero attached hydrogens (tertiary/aromatic N) is 1. The van der Waals surface area contributed by atoms with Gasteiger partial charge in [-0.15, -0.1) is 24.0 Å². The van der Waals surface area contributed by atoms with Crippen LogP contribution in [0.4, 0.5) is 0 Å². The van der Waals surface area contributed by atoms with Crippen LogP contribution in [0.3, 0.4) is 0 Å². The normalized spacial score (nSPS) is 27.3.